The summed E-state index contributed by atoms with van der Waals surface area (Å²) in [5.74, 6) is 0.0597. The fourth-order valence-corrected chi connectivity index (χ4v) is 4.30. The summed E-state index contributed by atoms with van der Waals surface area (Å²) in [5.41, 5.74) is -0.603. The van der Waals surface area contributed by atoms with Crippen molar-refractivity contribution in [2.75, 3.05) is 0 Å². The van der Waals surface area contributed by atoms with Gasteiger partial charge >= 0.3 is 6.36 Å². The topological polar surface area (TPSA) is 93.8 Å². The molecule has 3 aromatic rings. The summed E-state index contributed by atoms with van der Waals surface area (Å²) in [6, 6.07) is 10.0. The molecule has 0 spiro atoms. The van der Waals surface area contributed by atoms with E-state index < -0.39 is 29.7 Å². The molecular formula is C23H21F3N2O5S. The van der Waals surface area contributed by atoms with Crippen molar-refractivity contribution >= 4 is 11.8 Å². The Morgan fingerprint density at radius 2 is 1.88 bits per heavy atom. The minimum atomic E-state index is -4.79. The highest BCUT2D eigenvalue weighted by Crippen LogP contribution is 2.39. The number of aliphatic hydroxyl groups is 2. The van der Waals surface area contributed by atoms with Gasteiger partial charge in [0.15, 0.2) is 5.03 Å². The molecule has 0 saturated heterocycles. The molecule has 0 amide bonds. The molecule has 1 aromatic heterocycles. The van der Waals surface area contributed by atoms with E-state index in [1.807, 2.05) is 0 Å². The number of halogens is 3. The number of hydrogen-bond donors (Lipinski definition) is 2. The van der Waals surface area contributed by atoms with E-state index in [9.17, 15) is 28.2 Å². The maximum Gasteiger partial charge on any atom is 0.573 e. The Kier molecular flexibility index (Phi) is 6.36. The largest absolute Gasteiger partial charge is 0.573 e. The molecule has 2 atom stereocenters. The van der Waals surface area contributed by atoms with Crippen molar-refractivity contribution in [2.45, 2.75) is 54.4 Å². The molecule has 1 aliphatic rings. The molecule has 1 aliphatic heterocycles. The molecule has 34 heavy (non-hydrogen) atoms. The second-order valence-corrected chi connectivity index (χ2v) is 9.32. The van der Waals surface area contributed by atoms with Crippen LogP contribution in [0.1, 0.15) is 31.9 Å². The normalized spacial score (nSPS) is 18.2. The van der Waals surface area contributed by atoms with Crippen LogP contribution < -0.4 is 15.0 Å². The van der Waals surface area contributed by atoms with Crippen molar-refractivity contribution in [3.63, 3.8) is 0 Å². The van der Waals surface area contributed by atoms with Crippen LogP contribution in [0.2, 0.25) is 0 Å². The van der Waals surface area contributed by atoms with Crippen molar-refractivity contribution in [3.8, 4) is 17.2 Å². The Bertz CT molecular complexity index is 1240. The highest BCUT2D eigenvalue weighted by Gasteiger charge is 2.36. The number of aromatic nitrogens is 2. The van der Waals surface area contributed by atoms with Gasteiger partial charge in [-0.1, -0.05) is 11.8 Å². The van der Waals surface area contributed by atoms with Gasteiger partial charge in [0.05, 0.1) is 11.7 Å². The first-order valence-corrected chi connectivity index (χ1v) is 11.0. The lowest BCUT2D eigenvalue weighted by molar-refractivity contribution is -0.274. The van der Waals surface area contributed by atoms with Gasteiger partial charge in [-0.2, -0.15) is 0 Å². The van der Waals surface area contributed by atoms with Gasteiger partial charge < -0.3 is 19.7 Å². The van der Waals surface area contributed by atoms with Gasteiger partial charge in [0, 0.05) is 35.0 Å². The van der Waals surface area contributed by atoms with Crippen LogP contribution in [0.25, 0.3) is 5.69 Å². The van der Waals surface area contributed by atoms with Crippen LogP contribution in [0.4, 0.5) is 13.2 Å². The fourth-order valence-electron chi connectivity index (χ4n) is 3.51. The van der Waals surface area contributed by atoms with Crippen LogP contribution in [-0.2, 0) is 0 Å². The molecular weight excluding hydrogens is 473 g/mol. The van der Waals surface area contributed by atoms with Crippen LogP contribution in [0.3, 0.4) is 0 Å². The Balaban J connectivity index is 1.58. The van der Waals surface area contributed by atoms with Crippen LogP contribution in [0, 0.1) is 0 Å². The SMILES string of the molecule is CC(C)(O)C1CC(O)c2cc(-n3ccnc(Sc4ccc(OC(F)(F)F)cc4)c3=O)ccc2O1. The smallest absolute Gasteiger partial charge is 0.487 e. The third kappa shape index (κ3) is 5.37. The molecule has 2 N–H and O–H groups in total. The lowest BCUT2D eigenvalue weighted by Gasteiger charge is -2.36. The summed E-state index contributed by atoms with van der Waals surface area (Å²) in [7, 11) is 0. The molecule has 2 aromatic carbocycles. The van der Waals surface area contributed by atoms with Crippen molar-refractivity contribution < 1.29 is 32.9 Å². The van der Waals surface area contributed by atoms with Gasteiger partial charge in [0.25, 0.3) is 5.56 Å². The molecule has 0 fully saturated rings. The second-order valence-electron chi connectivity index (χ2n) is 8.26. The number of aliphatic hydroxyl groups excluding tert-OH is 1. The summed E-state index contributed by atoms with van der Waals surface area (Å²) in [6.45, 7) is 3.22. The number of benzene rings is 2. The number of fused-ring (bicyclic) bond motifs is 1. The van der Waals surface area contributed by atoms with E-state index in [1.165, 1.54) is 29.1 Å². The molecule has 180 valence electrons. The zero-order chi connectivity index (χ0) is 24.7. The van der Waals surface area contributed by atoms with E-state index in [4.69, 9.17) is 4.74 Å². The Morgan fingerprint density at radius 1 is 1.18 bits per heavy atom. The lowest BCUT2D eigenvalue weighted by Crippen LogP contribution is -2.43. The fraction of sp³-hybridized carbons (Fsp3) is 0.304. The van der Waals surface area contributed by atoms with E-state index >= 15 is 0 Å². The van der Waals surface area contributed by atoms with Gasteiger partial charge in [-0.3, -0.25) is 9.36 Å². The van der Waals surface area contributed by atoms with Crippen LogP contribution in [-0.4, -0.2) is 37.8 Å². The summed E-state index contributed by atoms with van der Waals surface area (Å²) >= 11 is 0.999. The summed E-state index contributed by atoms with van der Waals surface area (Å²) in [4.78, 5) is 17.6. The lowest BCUT2D eigenvalue weighted by atomic mass is 9.90. The van der Waals surface area contributed by atoms with E-state index in [-0.39, 0.29) is 17.2 Å². The van der Waals surface area contributed by atoms with Gasteiger partial charge in [0.1, 0.15) is 17.6 Å². The molecule has 0 bridgehead atoms. The standard InChI is InChI=1S/C23H21F3N2O5S/c1-22(2,31)19-12-17(29)16-11-13(3-8-18(16)32-19)28-10-9-27-20(21(28)30)34-15-6-4-14(5-7-15)33-23(24,25)26/h3-11,17,19,29,31H,12H2,1-2H3. The number of rotatable bonds is 5. The Labute approximate surface area is 196 Å². The van der Waals surface area contributed by atoms with E-state index in [0.29, 0.717) is 21.9 Å². The molecule has 2 unspecified atom stereocenters. The monoisotopic (exact) mass is 494 g/mol. The highest BCUT2D eigenvalue weighted by molar-refractivity contribution is 7.99. The second kappa shape index (κ2) is 8.97. The Morgan fingerprint density at radius 3 is 2.53 bits per heavy atom. The third-order valence-corrected chi connectivity index (χ3v) is 6.19. The van der Waals surface area contributed by atoms with Crippen LogP contribution in [0.5, 0.6) is 11.5 Å². The predicted octanol–water partition coefficient (Wildman–Crippen LogP) is 4.24. The van der Waals surface area contributed by atoms with Crippen molar-refractivity contribution in [3.05, 3.63) is 70.8 Å². The molecule has 0 aliphatic carbocycles. The number of alkyl halides is 3. The zero-order valence-corrected chi connectivity index (χ0v) is 18.9. The number of hydrogen-bond acceptors (Lipinski definition) is 7. The van der Waals surface area contributed by atoms with Gasteiger partial charge in [-0.15, -0.1) is 13.2 Å². The summed E-state index contributed by atoms with van der Waals surface area (Å²) in [5, 5.41) is 20.9. The number of nitrogens with zero attached hydrogens (tertiary/aromatic N) is 2. The van der Waals surface area contributed by atoms with Crippen LogP contribution in [0.15, 0.2) is 69.6 Å². The van der Waals surface area contributed by atoms with Crippen LogP contribution >= 0.6 is 11.8 Å². The highest BCUT2D eigenvalue weighted by atomic mass is 32.2. The van der Waals surface area contributed by atoms with Crippen molar-refractivity contribution in [1.29, 1.82) is 0 Å². The predicted molar refractivity (Wildman–Crippen MR) is 117 cm³/mol. The first-order valence-electron chi connectivity index (χ1n) is 10.2. The molecule has 11 heteroatoms. The van der Waals surface area contributed by atoms with Gasteiger partial charge in [-0.25, -0.2) is 4.98 Å². The maximum absolute atomic E-state index is 13.0. The van der Waals surface area contributed by atoms with E-state index in [1.54, 1.807) is 32.0 Å². The number of ether oxygens (including phenoxy) is 2. The molecule has 2 heterocycles. The van der Waals surface area contributed by atoms with Crippen molar-refractivity contribution in [1.82, 2.24) is 9.55 Å². The minimum Gasteiger partial charge on any atom is -0.487 e. The molecule has 0 radical (unpaired) electrons. The van der Waals surface area contributed by atoms with Gasteiger partial charge in [0.2, 0.25) is 0 Å². The first-order chi connectivity index (χ1) is 15.9. The first kappa shape index (κ1) is 24.1. The average molecular weight is 494 g/mol. The molecule has 7 nitrogen and oxygen atoms in total. The quantitative estimate of drug-likeness (QED) is 0.548. The van der Waals surface area contributed by atoms with Gasteiger partial charge in [-0.05, 0) is 56.3 Å². The zero-order valence-electron chi connectivity index (χ0n) is 18.1. The maximum atomic E-state index is 13.0. The minimum absolute atomic E-state index is 0.114. The summed E-state index contributed by atoms with van der Waals surface area (Å²) < 4.78 is 48.0. The average Bonchev–Trinajstić information content (AvgIpc) is 2.75. The Hall–Kier alpha value is -3.02. The molecule has 0 saturated carbocycles. The van der Waals surface area contributed by atoms with Crippen molar-refractivity contribution in [2.24, 2.45) is 0 Å². The van der Waals surface area contributed by atoms with E-state index in [0.717, 1.165) is 23.9 Å². The summed E-state index contributed by atoms with van der Waals surface area (Å²) in [6.07, 6.45) is -3.15. The third-order valence-electron chi connectivity index (χ3n) is 5.21. The molecule has 4 rings (SSSR count). The van der Waals surface area contributed by atoms with E-state index in [2.05, 4.69) is 9.72 Å².